The minimum Gasteiger partial charge on any atom is -0.481 e. The van der Waals surface area contributed by atoms with Crippen molar-refractivity contribution in [2.45, 2.75) is 27.2 Å². The van der Waals surface area contributed by atoms with Gasteiger partial charge in [-0.2, -0.15) is 0 Å². The van der Waals surface area contributed by atoms with Crippen LogP contribution in [0.5, 0.6) is 0 Å². The van der Waals surface area contributed by atoms with Gasteiger partial charge in [0.25, 0.3) is 0 Å². The molecule has 68 valence electrons. The van der Waals surface area contributed by atoms with Gasteiger partial charge in [0.15, 0.2) is 0 Å². The second-order valence-corrected chi connectivity index (χ2v) is 4.47. The summed E-state index contributed by atoms with van der Waals surface area (Å²) in [5, 5.41) is 9.44. The molecule has 1 N–H and O–H groups in total. The first-order valence-corrected chi connectivity index (χ1v) is 4.32. The summed E-state index contributed by atoms with van der Waals surface area (Å²) in [7, 11) is 0. The molecule has 1 atom stereocenters. The van der Waals surface area contributed by atoms with Crippen molar-refractivity contribution < 1.29 is 9.90 Å². The number of carboxylic acids is 1. The van der Waals surface area contributed by atoms with Crippen molar-refractivity contribution in [3.63, 3.8) is 0 Å². The summed E-state index contributed by atoms with van der Waals surface area (Å²) < 4.78 is 0. The van der Waals surface area contributed by atoms with Crippen LogP contribution in [0.2, 0.25) is 0 Å². The van der Waals surface area contributed by atoms with Gasteiger partial charge in [-0.1, -0.05) is 31.0 Å². The zero-order chi connectivity index (χ0) is 9.52. The number of halogens is 1. The fourth-order valence-electron chi connectivity index (χ4n) is 1.90. The van der Waals surface area contributed by atoms with Crippen LogP contribution in [-0.4, -0.2) is 11.1 Å². The molecule has 0 saturated carbocycles. The Morgan fingerprint density at radius 1 is 1.67 bits per heavy atom. The maximum Gasteiger partial charge on any atom is 0.312 e. The van der Waals surface area contributed by atoms with E-state index in [1.165, 1.54) is 0 Å². The Bertz CT molecular complexity index is 253. The fourth-order valence-corrected chi connectivity index (χ4v) is 2.36. The lowest BCUT2D eigenvalue weighted by Crippen LogP contribution is -2.26. The van der Waals surface area contributed by atoms with Crippen LogP contribution in [-0.2, 0) is 4.79 Å². The van der Waals surface area contributed by atoms with E-state index in [1.54, 1.807) is 0 Å². The van der Waals surface area contributed by atoms with Crippen molar-refractivity contribution in [3.05, 3.63) is 10.6 Å². The molecule has 0 aromatic rings. The van der Waals surface area contributed by atoms with Crippen LogP contribution >= 0.6 is 11.6 Å². The van der Waals surface area contributed by atoms with Crippen molar-refractivity contribution in [1.29, 1.82) is 0 Å². The van der Waals surface area contributed by atoms with E-state index < -0.39 is 11.9 Å². The molecule has 12 heavy (non-hydrogen) atoms. The molecule has 0 fully saturated rings. The van der Waals surface area contributed by atoms with Gasteiger partial charge in [0, 0.05) is 5.03 Å². The number of hydrogen-bond donors (Lipinski definition) is 1. The monoisotopic (exact) mass is 188 g/mol. The largest absolute Gasteiger partial charge is 0.481 e. The van der Waals surface area contributed by atoms with E-state index in [4.69, 9.17) is 16.7 Å². The summed E-state index contributed by atoms with van der Waals surface area (Å²) in [5.41, 5.74) is 0.779. The normalized spacial score (nSPS) is 27.8. The first-order chi connectivity index (χ1) is 5.36. The molecule has 0 heterocycles. The molecule has 0 bridgehead atoms. The first-order valence-electron chi connectivity index (χ1n) is 3.94. The summed E-state index contributed by atoms with van der Waals surface area (Å²) in [6.07, 6.45) is 0.781. The van der Waals surface area contributed by atoms with Crippen molar-refractivity contribution >= 4 is 17.6 Å². The third-order valence-electron chi connectivity index (χ3n) is 2.41. The summed E-state index contributed by atoms with van der Waals surface area (Å²) >= 11 is 5.91. The van der Waals surface area contributed by atoms with Crippen molar-refractivity contribution in [3.8, 4) is 0 Å². The van der Waals surface area contributed by atoms with E-state index in [2.05, 4.69) is 0 Å². The standard InChI is InChI=1S/C9H13ClO2/c1-5-4-9(2,3)6(7(5)10)8(11)12/h6H,4H2,1-3H3,(H,11,12). The van der Waals surface area contributed by atoms with Gasteiger partial charge in [-0.25, -0.2) is 0 Å². The maximum atomic E-state index is 10.9. The first kappa shape index (κ1) is 9.59. The predicted molar refractivity (Wildman–Crippen MR) is 48.1 cm³/mol. The van der Waals surface area contributed by atoms with E-state index in [1.807, 2.05) is 20.8 Å². The Morgan fingerprint density at radius 2 is 2.17 bits per heavy atom. The lowest BCUT2D eigenvalue weighted by molar-refractivity contribution is -0.143. The third kappa shape index (κ3) is 1.36. The Balaban J connectivity index is 3.03. The fraction of sp³-hybridized carbons (Fsp3) is 0.667. The summed E-state index contributed by atoms with van der Waals surface area (Å²) in [6.45, 7) is 5.77. The van der Waals surface area contributed by atoms with Crippen LogP contribution < -0.4 is 0 Å². The Hall–Kier alpha value is -0.500. The average molecular weight is 189 g/mol. The Morgan fingerprint density at radius 3 is 2.33 bits per heavy atom. The van der Waals surface area contributed by atoms with E-state index in [9.17, 15) is 4.79 Å². The molecule has 1 rings (SSSR count). The zero-order valence-electron chi connectivity index (χ0n) is 7.52. The molecular formula is C9H13ClO2. The molecule has 0 amide bonds. The van der Waals surface area contributed by atoms with Crippen molar-refractivity contribution in [2.24, 2.45) is 11.3 Å². The highest BCUT2D eigenvalue weighted by atomic mass is 35.5. The van der Waals surface area contributed by atoms with Gasteiger partial charge < -0.3 is 5.11 Å². The van der Waals surface area contributed by atoms with Crippen LogP contribution in [0.4, 0.5) is 0 Å². The summed E-state index contributed by atoms with van der Waals surface area (Å²) in [5.74, 6) is -1.33. The van der Waals surface area contributed by atoms with E-state index in [0.717, 1.165) is 12.0 Å². The third-order valence-corrected chi connectivity index (χ3v) is 2.95. The number of hydrogen-bond acceptors (Lipinski definition) is 1. The maximum absolute atomic E-state index is 10.9. The van der Waals surface area contributed by atoms with E-state index in [-0.39, 0.29) is 5.41 Å². The number of carbonyl (C=O) groups is 1. The van der Waals surface area contributed by atoms with Gasteiger partial charge in [0.1, 0.15) is 0 Å². The van der Waals surface area contributed by atoms with E-state index in [0.29, 0.717) is 5.03 Å². The molecule has 2 nitrogen and oxygen atoms in total. The van der Waals surface area contributed by atoms with Crippen LogP contribution in [0.1, 0.15) is 27.2 Å². The number of carboxylic acid groups (broad SMARTS) is 1. The SMILES string of the molecule is CC1=C(Cl)C(C(=O)O)C(C)(C)C1. The molecule has 0 aliphatic heterocycles. The second-order valence-electron chi connectivity index (χ2n) is 4.06. The van der Waals surface area contributed by atoms with Gasteiger partial charge in [-0.3, -0.25) is 4.79 Å². The quantitative estimate of drug-likeness (QED) is 0.687. The van der Waals surface area contributed by atoms with Gasteiger partial charge in [0.05, 0.1) is 5.92 Å². The van der Waals surface area contributed by atoms with Crippen LogP contribution in [0.3, 0.4) is 0 Å². The molecule has 0 spiro atoms. The molecule has 0 radical (unpaired) electrons. The zero-order valence-corrected chi connectivity index (χ0v) is 8.27. The second kappa shape index (κ2) is 2.77. The highest BCUT2D eigenvalue weighted by molar-refractivity contribution is 6.32. The van der Waals surface area contributed by atoms with Crippen LogP contribution in [0.15, 0.2) is 10.6 Å². The van der Waals surface area contributed by atoms with Crippen molar-refractivity contribution in [2.75, 3.05) is 0 Å². The topological polar surface area (TPSA) is 37.3 Å². The lowest BCUT2D eigenvalue weighted by atomic mass is 9.81. The van der Waals surface area contributed by atoms with Crippen LogP contribution in [0.25, 0.3) is 0 Å². The van der Waals surface area contributed by atoms with Crippen molar-refractivity contribution in [1.82, 2.24) is 0 Å². The van der Waals surface area contributed by atoms with Gasteiger partial charge >= 0.3 is 5.97 Å². The number of rotatable bonds is 1. The molecule has 0 aromatic carbocycles. The Kier molecular flexibility index (Phi) is 2.21. The minimum absolute atomic E-state index is 0.229. The summed E-state index contributed by atoms with van der Waals surface area (Å²) in [4.78, 5) is 10.9. The molecule has 1 unspecified atom stereocenters. The highest BCUT2D eigenvalue weighted by Crippen LogP contribution is 2.47. The number of aliphatic carboxylic acids is 1. The van der Waals surface area contributed by atoms with Gasteiger partial charge in [-0.05, 0) is 18.8 Å². The van der Waals surface area contributed by atoms with E-state index >= 15 is 0 Å². The Labute approximate surface area is 77.2 Å². The molecule has 3 heteroatoms. The highest BCUT2D eigenvalue weighted by Gasteiger charge is 2.43. The smallest absolute Gasteiger partial charge is 0.312 e. The molecular weight excluding hydrogens is 176 g/mol. The van der Waals surface area contributed by atoms with Crippen LogP contribution in [0, 0.1) is 11.3 Å². The number of allylic oxidation sites excluding steroid dienone is 1. The molecule has 0 aromatic heterocycles. The predicted octanol–water partition coefficient (Wildman–Crippen LogP) is 2.63. The molecule has 1 aliphatic carbocycles. The molecule has 1 aliphatic rings. The van der Waals surface area contributed by atoms with Gasteiger partial charge in [0.2, 0.25) is 0 Å². The molecule has 0 saturated heterocycles. The minimum atomic E-state index is -0.818. The van der Waals surface area contributed by atoms with Gasteiger partial charge in [-0.15, -0.1) is 0 Å². The lowest BCUT2D eigenvalue weighted by Gasteiger charge is -2.23. The average Bonchev–Trinajstić information content (AvgIpc) is 2.01. The summed E-state index contributed by atoms with van der Waals surface area (Å²) in [6, 6.07) is 0.